The van der Waals surface area contributed by atoms with Gasteiger partial charge in [0, 0.05) is 15.8 Å². The topological polar surface area (TPSA) is 42.2 Å². The van der Waals surface area contributed by atoms with Crippen LogP contribution < -0.4 is 5.32 Å². The Morgan fingerprint density at radius 1 is 1.33 bits per heavy atom. The van der Waals surface area contributed by atoms with Gasteiger partial charge >= 0.3 is 0 Å². The van der Waals surface area contributed by atoms with Crippen LogP contribution in [0.15, 0.2) is 51.8 Å². The predicted molar refractivity (Wildman–Crippen MR) is 92.5 cm³/mol. The van der Waals surface area contributed by atoms with Gasteiger partial charge in [0.2, 0.25) is 5.91 Å². The molecular formula is C19H16FNO2S. The molecule has 1 unspecified atom stereocenters. The maximum atomic E-state index is 13.4. The normalized spacial score (nSPS) is 16.3. The molecule has 0 saturated heterocycles. The van der Waals surface area contributed by atoms with Crippen molar-refractivity contribution >= 4 is 28.6 Å². The minimum absolute atomic E-state index is 0.00207. The molecule has 24 heavy (non-hydrogen) atoms. The molecule has 0 bridgehead atoms. The van der Waals surface area contributed by atoms with E-state index >= 15 is 0 Å². The molecular weight excluding hydrogens is 325 g/mol. The SMILES string of the molecule is Cc1c(CNC(=O)C2Cc3ccccc3S2)oc2ccc(F)cc12. The Balaban J connectivity index is 1.46. The van der Waals surface area contributed by atoms with Crippen LogP contribution in [0.4, 0.5) is 4.39 Å². The second kappa shape index (κ2) is 5.98. The molecule has 0 saturated carbocycles. The fraction of sp³-hybridized carbons (Fsp3) is 0.211. The van der Waals surface area contributed by atoms with Gasteiger partial charge in [0.25, 0.3) is 0 Å². The summed E-state index contributed by atoms with van der Waals surface area (Å²) in [6, 6.07) is 12.5. The largest absolute Gasteiger partial charge is 0.459 e. The Bertz CT molecular complexity index is 909. The fourth-order valence-electron chi connectivity index (χ4n) is 3.02. The van der Waals surface area contributed by atoms with E-state index < -0.39 is 0 Å². The first kappa shape index (κ1) is 15.3. The number of fused-ring (bicyclic) bond motifs is 2. The summed E-state index contributed by atoms with van der Waals surface area (Å²) >= 11 is 1.60. The molecule has 1 N–H and O–H groups in total. The number of halogens is 1. The highest BCUT2D eigenvalue weighted by Gasteiger charge is 2.28. The number of furan rings is 1. The fourth-order valence-corrected chi connectivity index (χ4v) is 4.24. The number of benzene rings is 2. The summed E-state index contributed by atoms with van der Waals surface area (Å²) < 4.78 is 19.1. The molecule has 0 radical (unpaired) electrons. The lowest BCUT2D eigenvalue weighted by Crippen LogP contribution is -2.32. The van der Waals surface area contributed by atoms with Gasteiger partial charge in [-0.1, -0.05) is 18.2 Å². The monoisotopic (exact) mass is 341 g/mol. The maximum Gasteiger partial charge on any atom is 0.234 e. The van der Waals surface area contributed by atoms with Crippen LogP contribution in [0.1, 0.15) is 16.9 Å². The van der Waals surface area contributed by atoms with Gasteiger partial charge in [-0.25, -0.2) is 4.39 Å². The molecule has 0 fully saturated rings. The number of thioether (sulfide) groups is 1. The first-order chi connectivity index (χ1) is 11.6. The van der Waals surface area contributed by atoms with Crippen LogP contribution in [0.25, 0.3) is 11.0 Å². The number of rotatable bonds is 3. The van der Waals surface area contributed by atoms with Gasteiger partial charge in [-0.2, -0.15) is 0 Å². The second-order valence-electron chi connectivity index (χ2n) is 5.93. The number of hydrogen-bond donors (Lipinski definition) is 1. The Morgan fingerprint density at radius 3 is 3.00 bits per heavy atom. The summed E-state index contributed by atoms with van der Waals surface area (Å²) in [7, 11) is 0. The molecule has 3 nitrogen and oxygen atoms in total. The van der Waals surface area contributed by atoms with Crippen molar-refractivity contribution in [3.8, 4) is 0 Å². The van der Waals surface area contributed by atoms with E-state index in [2.05, 4.69) is 11.4 Å². The first-order valence-corrected chi connectivity index (χ1v) is 8.69. The molecule has 0 aliphatic carbocycles. The van der Waals surface area contributed by atoms with Gasteiger partial charge in [-0.3, -0.25) is 4.79 Å². The molecule has 2 heterocycles. The van der Waals surface area contributed by atoms with Crippen LogP contribution in [0, 0.1) is 12.7 Å². The van der Waals surface area contributed by atoms with E-state index in [4.69, 9.17) is 4.42 Å². The van der Waals surface area contributed by atoms with Crippen LogP contribution in [0.5, 0.6) is 0 Å². The van der Waals surface area contributed by atoms with Gasteiger partial charge in [-0.15, -0.1) is 11.8 Å². The summed E-state index contributed by atoms with van der Waals surface area (Å²) in [5.41, 5.74) is 2.73. The zero-order chi connectivity index (χ0) is 16.7. The van der Waals surface area contributed by atoms with Crippen molar-refractivity contribution in [2.24, 2.45) is 0 Å². The van der Waals surface area contributed by atoms with Gasteiger partial charge < -0.3 is 9.73 Å². The Morgan fingerprint density at radius 2 is 2.17 bits per heavy atom. The summed E-state index contributed by atoms with van der Waals surface area (Å²) in [5, 5.41) is 3.59. The average molecular weight is 341 g/mol. The summed E-state index contributed by atoms with van der Waals surface area (Å²) in [6.45, 7) is 2.20. The number of carbonyl (C=O) groups excluding carboxylic acids is 1. The number of amides is 1. The molecule has 3 aromatic rings. The van der Waals surface area contributed by atoms with Crippen molar-refractivity contribution < 1.29 is 13.6 Å². The van der Waals surface area contributed by atoms with Crippen LogP contribution in [0.3, 0.4) is 0 Å². The van der Waals surface area contributed by atoms with Crippen LogP contribution >= 0.6 is 11.8 Å². The molecule has 1 atom stereocenters. The van der Waals surface area contributed by atoms with Crippen molar-refractivity contribution in [2.75, 3.05) is 0 Å². The molecule has 2 aromatic carbocycles. The standard InChI is InChI=1S/C19H16FNO2S/c1-11-14-9-13(20)6-7-15(14)23-16(11)10-21-19(22)18-8-12-4-2-3-5-17(12)24-18/h2-7,9,18H,8,10H2,1H3,(H,21,22). The molecule has 1 aliphatic heterocycles. The van der Waals surface area contributed by atoms with Crippen LogP contribution in [0.2, 0.25) is 0 Å². The highest BCUT2D eigenvalue weighted by molar-refractivity contribution is 8.01. The molecule has 0 spiro atoms. The lowest BCUT2D eigenvalue weighted by atomic mass is 10.1. The van der Waals surface area contributed by atoms with E-state index in [1.807, 2.05) is 25.1 Å². The Kier molecular flexibility index (Phi) is 3.81. The predicted octanol–water partition coefficient (Wildman–Crippen LogP) is 4.21. The van der Waals surface area contributed by atoms with E-state index in [-0.39, 0.29) is 17.0 Å². The molecule has 1 aliphatic rings. The zero-order valence-corrected chi connectivity index (χ0v) is 14.0. The zero-order valence-electron chi connectivity index (χ0n) is 13.1. The Labute approximate surface area is 143 Å². The van der Waals surface area contributed by atoms with Gasteiger partial charge in [0.15, 0.2) is 0 Å². The highest BCUT2D eigenvalue weighted by Crippen LogP contribution is 2.36. The molecule has 1 amide bonds. The third-order valence-electron chi connectivity index (χ3n) is 4.36. The maximum absolute atomic E-state index is 13.4. The molecule has 1 aromatic heterocycles. The second-order valence-corrected chi connectivity index (χ2v) is 7.17. The van der Waals surface area contributed by atoms with Crippen LogP contribution in [-0.4, -0.2) is 11.2 Å². The lowest BCUT2D eigenvalue weighted by Gasteiger charge is -2.09. The van der Waals surface area contributed by atoms with Gasteiger partial charge in [0.1, 0.15) is 17.2 Å². The van der Waals surface area contributed by atoms with Crippen LogP contribution in [-0.2, 0) is 17.8 Å². The van der Waals surface area contributed by atoms with E-state index in [0.717, 1.165) is 17.4 Å². The van der Waals surface area contributed by atoms with Crippen molar-refractivity contribution in [3.63, 3.8) is 0 Å². The highest BCUT2D eigenvalue weighted by atomic mass is 32.2. The quantitative estimate of drug-likeness (QED) is 0.776. The number of nitrogens with one attached hydrogen (secondary N) is 1. The summed E-state index contributed by atoms with van der Waals surface area (Å²) in [4.78, 5) is 13.6. The molecule has 4 rings (SSSR count). The van der Waals surface area contributed by atoms with E-state index in [9.17, 15) is 9.18 Å². The van der Waals surface area contributed by atoms with Crippen molar-refractivity contribution in [1.29, 1.82) is 0 Å². The lowest BCUT2D eigenvalue weighted by molar-refractivity contribution is -0.120. The number of aryl methyl sites for hydroxylation is 1. The minimum Gasteiger partial charge on any atom is -0.459 e. The van der Waals surface area contributed by atoms with Crippen molar-refractivity contribution in [3.05, 3.63) is 65.2 Å². The van der Waals surface area contributed by atoms with Crippen molar-refractivity contribution in [1.82, 2.24) is 5.32 Å². The summed E-state index contributed by atoms with van der Waals surface area (Å²) in [5.74, 6) is 0.383. The van der Waals surface area contributed by atoms with Crippen molar-refractivity contribution in [2.45, 2.75) is 30.0 Å². The minimum atomic E-state index is -0.290. The van der Waals surface area contributed by atoms with E-state index in [1.165, 1.54) is 22.6 Å². The summed E-state index contributed by atoms with van der Waals surface area (Å²) in [6.07, 6.45) is 0.747. The smallest absolute Gasteiger partial charge is 0.234 e. The third-order valence-corrected chi connectivity index (χ3v) is 5.68. The number of hydrogen-bond acceptors (Lipinski definition) is 3. The van der Waals surface area contributed by atoms with Gasteiger partial charge in [0.05, 0.1) is 11.8 Å². The van der Waals surface area contributed by atoms with E-state index in [1.54, 1.807) is 17.8 Å². The molecule has 5 heteroatoms. The van der Waals surface area contributed by atoms with E-state index in [0.29, 0.717) is 17.9 Å². The molecule has 122 valence electrons. The Hall–Kier alpha value is -2.27. The first-order valence-electron chi connectivity index (χ1n) is 7.81. The average Bonchev–Trinajstić information content (AvgIpc) is 3.15. The van der Waals surface area contributed by atoms with Gasteiger partial charge in [-0.05, 0) is 43.2 Å². The third kappa shape index (κ3) is 2.69. The number of carbonyl (C=O) groups is 1.